The smallest absolute Gasteiger partial charge is 0.405 e. The Morgan fingerprint density at radius 3 is 1.88 bits per heavy atom. The normalized spacial score (nSPS) is 21.5. The average Bonchev–Trinajstić information content (AvgIpc) is 3.38. The molecule has 5 rings (SSSR count). The molecule has 3 aromatic rings. The van der Waals surface area contributed by atoms with Crippen LogP contribution in [0.15, 0.2) is 78.9 Å². The number of benzene rings is 3. The zero-order valence-electron chi connectivity index (χ0n) is 22.6. The van der Waals surface area contributed by atoms with Gasteiger partial charge in [0.15, 0.2) is 0 Å². The first kappa shape index (κ1) is 29.4. The Bertz CT molecular complexity index is 1250. The molecular formula is C31H33F6N3O. The summed E-state index contributed by atoms with van der Waals surface area (Å²) in [5, 5.41) is 3.26. The molecule has 0 bridgehead atoms. The molecule has 1 fully saturated rings. The zero-order valence-corrected chi connectivity index (χ0v) is 22.6. The quantitative estimate of drug-likeness (QED) is 0.324. The molecule has 1 heterocycles. The Labute approximate surface area is 235 Å². The molecule has 0 radical (unpaired) electrons. The molecule has 4 nitrogen and oxygen atoms in total. The largest absolute Gasteiger partial charge is 0.496 e. The van der Waals surface area contributed by atoms with E-state index in [2.05, 4.69) is 5.32 Å². The van der Waals surface area contributed by atoms with Crippen molar-refractivity contribution in [2.45, 2.75) is 55.9 Å². The number of piperazine rings is 1. The molecule has 1 saturated heterocycles. The summed E-state index contributed by atoms with van der Waals surface area (Å²) in [5.41, 5.74) is 3.11. The van der Waals surface area contributed by atoms with Gasteiger partial charge < -0.3 is 10.1 Å². The number of nitrogens with zero attached hydrogens (tertiary/aromatic N) is 2. The van der Waals surface area contributed by atoms with Gasteiger partial charge in [0.1, 0.15) is 17.8 Å². The van der Waals surface area contributed by atoms with Crippen LogP contribution in [-0.4, -0.2) is 67.0 Å². The lowest BCUT2D eigenvalue weighted by molar-refractivity contribution is -0.264. The van der Waals surface area contributed by atoms with Gasteiger partial charge in [0, 0.05) is 37.8 Å². The molecule has 0 spiro atoms. The van der Waals surface area contributed by atoms with Crippen molar-refractivity contribution < 1.29 is 31.1 Å². The fraction of sp³-hybridized carbons (Fsp3) is 0.419. The number of ether oxygens (including phenoxy) is 1. The number of para-hydroxylation sites is 1. The van der Waals surface area contributed by atoms with Crippen LogP contribution in [0.5, 0.6) is 5.75 Å². The van der Waals surface area contributed by atoms with Gasteiger partial charge >= 0.3 is 12.4 Å². The van der Waals surface area contributed by atoms with Crippen molar-refractivity contribution in [2.24, 2.45) is 0 Å². The predicted molar refractivity (Wildman–Crippen MR) is 145 cm³/mol. The van der Waals surface area contributed by atoms with Gasteiger partial charge in [-0.05, 0) is 35.6 Å². The highest BCUT2D eigenvalue weighted by Gasteiger charge is 2.59. The van der Waals surface area contributed by atoms with E-state index in [0.29, 0.717) is 22.8 Å². The standard InChI is InChI=1S/C31H33F6N3O/c1-41-27-14-8-7-13-25(27)26(18-38-17-21-9-3-2-4-10-21)39-19-28(30(32,33)34)40(29(20-39)31(35,36)37)24-15-22-11-5-6-12-23(22)16-24/h2-14,24,26,28-29,38H,15-20H2,1H3. The van der Waals surface area contributed by atoms with Gasteiger partial charge in [-0.25, -0.2) is 0 Å². The van der Waals surface area contributed by atoms with Crippen LogP contribution in [0.25, 0.3) is 0 Å². The van der Waals surface area contributed by atoms with Crippen LogP contribution < -0.4 is 10.1 Å². The predicted octanol–water partition coefficient (Wildman–Crippen LogP) is 6.17. The van der Waals surface area contributed by atoms with Gasteiger partial charge in [0.2, 0.25) is 0 Å². The van der Waals surface area contributed by atoms with Crippen LogP contribution in [-0.2, 0) is 19.4 Å². The maximum atomic E-state index is 14.7. The number of rotatable bonds is 8. The van der Waals surface area contributed by atoms with Gasteiger partial charge in [-0.2, -0.15) is 26.3 Å². The zero-order chi connectivity index (χ0) is 29.2. The topological polar surface area (TPSA) is 27.7 Å². The van der Waals surface area contributed by atoms with E-state index in [1.54, 1.807) is 48.5 Å². The highest BCUT2D eigenvalue weighted by atomic mass is 19.4. The van der Waals surface area contributed by atoms with Gasteiger partial charge in [0.25, 0.3) is 0 Å². The molecule has 3 aromatic carbocycles. The van der Waals surface area contributed by atoms with E-state index in [-0.39, 0.29) is 19.4 Å². The third-order valence-electron chi connectivity index (χ3n) is 8.19. The molecule has 1 aliphatic heterocycles. The molecule has 3 atom stereocenters. The van der Waals surface area contributed by atoms with Crippen LogP contribution >= 0.6 is 0 Å². The Morgan fingerprint density at radius 1 is 0.780 bits per heavy atom. The van der Waals surface area contributed by atoms with Gasteiger partial charge in [-0.3, -0.25) is 9.80 Å². The summed E-state index contributed by atoms with van der Waals surface area (Å²) < 4.78 is 93.8. The summed E-state index contributed by atoms with van der Waals surface area (Å²) in [7, 11) is 1.44. The number of alkyl halides is 6. The fourth-order valence-corrected chi connectivity index (χ4v) is 6.31. The van der Waals surface area contributed by atoms with E-state index < -0.39 is 49.6 Å². The molecule has 0 amide bonds. The summed E-state index contributed by atoms with van der Waals surface area (Å²) in [5.74, 6) is 0.416. The first-order valence-electron chi connectivity index (χ1n) is 13.7. The number of nitrogens with one attached hydrogen (secondary N) is 1. The maximum absolute atomic E-state index is 14.7. The fourth-order valence-electron chi connectivity index (χ4n) is 6.31. The lowest BCUT2D eigenvalue weighted by Crippen LogP contribution is -2.70. The lowest BCUT2D eigenvalue weighted by atomic mass is 9.95. The molecule has 0 aromatic heterocycles. The molecule has 1 N–H and O–H groups in total. The Morgan fingerprint density at radius 2 is 1.32 bits per heavy atom. The SMILES string of the molecule is COc1ccccc1C(CNCc1ccccc1)N1CC(C(F)(F)F)N(C2Cc3ccccc3C2)C(C(F)(F)F)C1. The number of halogens is 6. The molecule has 1 aliphatic carbocycles. The van der Waals surface area contributed by atoms with Gasteiger partial charge in [0.05, 0.1) is 13.2 Å². The second kappa shape index (κ2) is 12.0. The second-order valence-electron chi connectivity index (χ2n) is 10.7. The minimum atomic E-state index is -4.86. The number of fused-ring (bicyclic) bond motifs is 1. The minimum Gasteiger partial charge on any atom is -0.496 e. The lowest BCUT2D eigenvalue weighted by Gasteiger charge is -2.51. The van der Waals surface area contributed by atoms with Crippen molar-refractivity contribution in [2.75, 3.05) is 26.7 Å². The Balaban J connectivity index is 1.49. The molecule has 2 aliphatic rings. The molecule has 220 valence electrons. The summed E-state index contributed by atoms with van der Waals surface area (Å²) in [6, 6.07) is 17.1. The molecule has 41 heavy (non-hydrogen) atoms. The van der Waals surface area contributed by atoms with Crippen molar-refractivity contribution >= 4 is 0 Å². The van der Waals surface area contributed by atoms with Crippen molar-refractivity contribution in [3.8, 4) is 5.75 Å². The van der Waals surface area contributed by atoms with Crippen molar-refractivity contribution in [3.63, 3.8) is 0 Å². The number of hydrogen-bond acceptors (Lipinski definition) is 4. The summed E-state index contributed by atoms with van der Waals surface area (Å²) in [6.45, 7) is -0.616. The maximum Gasteiger partial charge on any atom is 0.405 e. The highest BCUT2D eigenvalue weighted by Crippen LogP contribution is 2.43. The highest BCUT2D eigenvalue weighted by molar-refractivity contribution is 5.37. The minimum absolute atomic E-state index is 0.138. The van der Waals surface area contributed by atoms with Crippen molar-refractivity contribution in [1.82, 2.24) is 15.1 Å². The van der Waals surface area contributed by atoms with Crippen LogP contribution in [0.3, 0.4) is 0 Å². The number of hydrogen-bond donors (Lipinski definition) is 1. The third kappa shape index (κ3) is 6.55. The van der Waals surface area contributed by atoms with E-state index in [9.17, 15) is 26.3 Å². The van der Waals surface area contributed by atoms with E-state index in [4.69, 9.17) is 4.74 Å². The van der Waals surface area contributed by atoms with Crippen molar-refractivity contribution in [1.29, 1.82) is 0 Å². The van der Waals surface area contributed by atoms with E-state index >= 15 is 0 Å². The summed E-state index contributed by atoms with van der Waals surface area (Å²) in [4.78, 5) is 2.05. The summed E-state index contributed by atoms with van der Waals surface area (Å²) >= 11 is 0. The third-order valence-corrected chi connectivity index (χ3v) is 8.19. The Kier molecular flexibility index (Phi) is 8.63. The van der Waals surface area contributed by atoms with Crippen LogP contribution in [0, 0.1) is 0 Å². The Hall–Kier alpha value is -3.08. The monoisotopic (exact) mass is 577 g/mol. The second-order valence-corrected chi connectivity index (χ2v) is 10.7. The summed E-state index contributed by atoms with van der Waals surface area (Å²) in [6.07, 6.45) is -9.41. The van der Waals surface area contributed by atoms with Crippen LogP contribution in [0.4, 0.5) is 26.3 Å². The van der Waals surface area contributed by atoms with Gasteiger partial charge in [-0.1, -0.05) is 72.8 Å². The van der Waals surface area contributed by atoms with Crippen LogP contribution in [0.2, 0.25) is 0 Å². The molecular weight excluding hydrogens is 544 g/mol. The number of methoxy groups -OCH3 is 1. The van der Waals surface area contributed by atoms with Crippen LogP contribution in [0.1, 0.15) is 28.3 Å². The van der Waals surface area contributed by atoms with Crippen molar-refractivity contribution in [3.05, 3.63) is 101 Å². The van der Waals surface area contributed by atoms with E-state index in [0.717, 1.165) is 16.7 Å². The average molecular weight is 578 g/mol. The molecule has 3 unspecified atom stereocenters. The first-order valence-corrected chi connectivity index (χ1v) is 13.7. The first-order chi connectivity index (χ1) is 19.6. The van der Waals surface area contributed by atoms with Gasteiger partial charge in [-0.15, -0.1) is 0 Å². The van der Waals surface area contributed by atoms with E-state index in [1.165, 1.54) is 12.0 Å². The molecule has 10 heteroatoms. The molecule has 0 saturated carbocycles. The van der Waals surface area contributed by atoms with E-state index in [1.807, 2.05) is 30.3 Å².